The molecule has 1 fully saturated rings. The summed E-state index contributed by atoms with van der Waals surface area (Å²) in [6.07, 6.45) is -4.57. The number of nitrogens with zero attached hydrogens (tertiary/aromatic N) is 1. The topological polar surface area (TPSA) is 106 Å². The van der Waals surface area contributed by atoms with Gasteiger partial charge in [0.15, 0.2) is 6.29 Å². The molecule has 2 aliphatic heterocycles. The lowest BCUT2D eigenvalue weighted by Crippen LogP contribution is -2.65. The summed E-state index contributed by atoms with van der Waals surface area (Å²) in [5, 5.41) is 20.5. The monoisotopic (exact) mass is 315 g/mol. The van der Waals surface area contributed by atoms with Gasteiger partial charge in [0.1, 0.15) is 24.4 Å². The highest BCUT2D eigenvalue weighted by atomic mass is 16.7. The zero-order chi connectivity index (χ0) is 16.6. The van der Waals surface area contributed by atoms with Gasteiger partial charge in [-0.3, -0.25) is 14.5 Å². The Morgan fingerprint density at radius 1 is 1.09 bits per heavy atom. The zero-order valence-electron chi connectivity index (χ0n) is 13.0. The molecule has 0 bridgehead atoms. The second kappa shape index (κ2) is 6.43. The molecular weight excluding hydrogens is 294 g/mol. The summed E-state index contributed by atoms with van der Waals surface area (Å²) < 4.78 is 15.6. The molecule has 2 aliphatic rings. The third-order valence-corrected chi connectivity index (χ3v) is 4.17. The predicted molar refractivity (Wildman–Crippen MR) is 73.6 cm³/mol. The van der Waals surface area contributed by atoms with Gasteiger partial charge in [0.2, 0.25) is 0 Å². The molecule has 0 unspecified atom stereocenters. The van der Waals surface area contributed by atoms with E-state index in [9.17, 15) is 19.8 Å². The van der Waals surface area contributed by atoms with E-state index < -0.39 is 42.5 Å². The molecule has 0 aliphatic carbocycles. The molecule has 22 heavy (non-hydrogen) atoms. The molecule has 0 radical (unpaired) electrons. The summed E-state index contributed by atoms with van der Waals surface area (Å²) in [5.74, 6) is -1.04. The first-order chi connectivity index (χ1) is 10.3. The van der Waals surface area contributed by atoms with Gasteiger partial charge in [-0.15, -0.1) is 0 Å². The maximum absolute atomic E-state index is 12.3. The van der Waals surface area contributed by atoms with Gasteiger partial charge >= 0.3 is 0 Å². The number of hydrogen-bond acceptors (Lipinski definition) is 7. The maximum atomic E-state index is 12.3. The van der Waals surface area contributed by atoms with Crippen molar-refractivity contribution >= 4 is 11.8 Å². The van der Waals surface area contributed by atoms with Crippen LogP contribution in [0.15, 0.2) is 11.1 Å². The summed E-state index contributed by atoms with van der Waals surface area (Å²) in [4.78, 5) is 25.4. The van der Waals surface area contributed by atoms with E-state index in [-0.39, 0.29) is 6.61 Å². The van der Waals surface area contributed by atoms with Crippen LogP contribution in [0.2, 0.25) is 0 Å². The normalized spacial score (nSPS) is 36.5. The fourth-order valence-corrected chi connectivity index (χ4v) is 2.73. The van der Waals surface area contributed by atoms with Crippen molar-refractivity contribution < 1.29 is 34.0 Å². The van der Waals surface area contributed by atoms with Crippen LogP contribution in [0.1, 0.15) is 13.8 Å². The van der Waals surface area contributed by atoms with E-state index >= 15 is 0 Å². The van der Waals surface area contributed by atoms with Crippen molar-refractivity contribution in [2.45, 2.75) is 44.5 Å². The first kappa shape index (κ1) is 17.0. The van der Waals surface area contributed by atoms with E-state index in [1.807, 2.05) is 0 Å². The van der Waals surface area contributed by atoms with Crippen LogP contribution in [-0.4, -0.2) is 78.4 Å². The van der Waals surface area contributed by atoms with Crippen LogP contribution in [0.3, 0.4) is 0 Å². The van der Waals surface area contributed by atoms with E-state index in [4.69, 9.17) is 14.2 Å². The summed E-state index contributed by atoms with van der Waals surface area (Å²) in [6, 6.07) is -1.12. The molecule has 1 saturated heterocycles. The fraction of sp³-hybridized carbons (Fsp3) is 0.714. The minimum atomic E-state index is -1.40. The third-order valence-electron chi connectivity index (χ3n) is 4.17. The number of amides is 2. The number of carbonyl (C=O) groups excluding carboxylic acids is 2. The van der Waals surface area contributed by atoms with E-state index in [1.165, 1.54) is 28.1 Å². The molecule has 5 atom stereocenters. The highest BCUT2D eigenvalue weighted by Gasteiger charge is 2.52. The van der Waals surface area contributed by atoms with Crippen molar-refractivity contribution in [3.05, 3.63) is 11.1 Å². The molecule has 0 spiro atoms. The smallest absolute Gasteiger partial charge is 0.257 e. The van der Waals surface area contributed by atoms with Crippen LogP contribution in [0.4, 0.5) is 0 Å². The third kappa shape index (κ3) is 2.57. The summed E-state index contributed by atoms with van der Waals surface area (Å²) >= 11 is 0. The van der Waals surface area contributed by atoms with Crippen molar-refractivity contribution in [3.8, 4) is 0 Å². The van der Waals surface area contributed by atoms with Crippen molar-refractivity contribution in [1.29, 1.82) is 0 Å². The molecule has 8 nitrogen and oxygen atoms in total. The lowest BCUT2D eigenvalue weighted by atomic mass is 9.95. The van der Waals surface area contributed by atoms with E-state index in [1.54, 1.807) is 0 Å². The molecule has 0 aromatic heterocycles. The fourth-order valence-electron chi connectivity index (χ4n) is 2.73. The number of carbonyl (C=O) groups is 2. The Kier molecular flexibility index (Phi) is 4.98. The number of imide groups is 1. The molecular formula is C14H21NO7. The molecule has 2 heterocycles. The standard InChI is InChI=1S/C14H21NO7/c1-6-7(2)13(19)15(12(6)18)9-11(17)10(16)8(5-20-3)22-14(9)21-4/h8-11,14,16-17H,5H2,1-4H3/t8-,9-,10-,11-,14+/m1/s1. The van der Waals surface area contributed by atoms with Crippen LogP contribution >= 0.6 is 0 Å². The number of ether oxygens (including phenoxy) is 3. The van der Waals surface area contributed by atoms with Crippen molar-refractivity contribution in [2.24, 2.45) is 0 Å². The van der Waals surface area contributed by atoms with Crippen LogP contribution in [-0.2, 0) is 23.8 Å². The van der Waals surface area contributed by atoms with Crippen LogP contribution in [0.5, 0.6) is 0 Å². The Balaban J connectivity index is 2.30. The number of methoxy groups -OCH3 is 2. The Labute approximate surface area is 128 Å². The van der Waals surface area contributed by atoms with E-state index in [0.29, 0.717) is 11.1 Å². The molecule has 2 N–H and O–H groups in total. The van der Waals surface area contributed by atoms with Gasteiger partial charge in [-0.25, -0.2) is 0 Å². The summed E-state index contributed by atoms with van der Waals surface area (Å²) in [5.41, 5.74) is 0.612. The van der Waals surface area contributed by atoms with Gasteiger partial charge in [-0.05, 0) is 13.8 Å². The van der Waals surface area contributed by atoms with Gasteiger partial charge in [-0.2, -0.15) is 0 Å². The van der Waals surface area contributed by atoms with Gasteiger partial charge in [0.25, 0.3) is 11.8 Å². The quantitative estimate of drug-likeness (QED) is 0.628. The molecule has 2 amide bonds. The molecule has 0 saturated carbocycles. The number of aliphatic hydroxyl groups excluding tert-OH is 2. The largest absolute Gasteiger partial charge is 0.388 e. The van der Waals surface area contributed by atoms with Gasteiger partial charge < -0.3 is 24.4 Å². The highest BCUT2D eigenvalue weighted by molar-refractivity contribution is 6.19. The first-order valence-corrected chi connectivity index (χ1v) is 6.93. The first-order valence-electron chi connectivity index (χ1n) is 6.93. The Morgan fingerprint density at radius 3 is 2.09 bits per heavy atom. The Bertz CT molecular complexity index is 477. The minimum Gasteiger partial charge on any atom is -0.388 e. The zero-order valence-corrected chi connectivity index (χ0v) is 13.0. The minimum absolute atomic E-state index is 0.0446. The lowest BCUT2D eigenvalue weighted by Gasteiger charge is -2.44. The Hall–Kier alpha value is -1.32. The maximum Gasteiger partial charge on any atom is 0.257 e. The van der Waals surface area contributed by atoms with Crippen LogP contribution in [0.25, 0.3) is 0 Å². The average Bonchev–Trinajstić information content (AvgIpc) is 2.69. The summed E-state index contributed by atoms with van der Waals surface area (Å²) in [7, 11) is 2.77. The summed E-state index contributed by atoms with van der Waals surface area (Å²) in [6.45, 7) is 3.12. The van der Waals surface area contributed by atoms with Gasteiger partial charge in [0, 0.05) is 25.4 Å². The second-order valence-electron chi connectivity index (χ2n) is 5.44. The predicted octanol–water partition coefficient (Wildman–Crippen LogP) is -1.20. The number of aliphatic hydroxyl groups is 2. The lowest BCUT2D eigenvalue weighted by molar-refractivity contribution is -0.276. The number of rotatable bonds is 4. The van der Waals surface area contributed by atoms with Crippen LogP contribution < -0.4 is 0 Å². The van der Waals surface area contributed by atoms with Crippen molar-refractivity contribution in [1.82, 2.24) is 4.90 Å². The SMILES string of the molecule is COC[C@H]1O[C@H](OC)[C@H](N2C(=O)C(C)=C(C)C2=O)[C@@H](O)[C@@H]1O. The molecule has 0 aromatic rings. The van der Waals surface area contributed by atoms with Crippen molar-refractivity contribution in [3.63, 3.8) is 0 Å². The molecule has 8 heteroatoms. The van der Waals surface area contributed by atoms with Crippen LogP contribution in [0, 0.1) is 0 Å². The van der Waals surface area contributed by atoms with E-state index in [2.05, 4.69) is 0 Å². The van der Waals surface area contributed by atoms with Crippen molar-refractivity contribution in [2.75, 3.05) is 20.8 Å². The average molecular weight is 315 g/mol. The Morgan fingerprint density at radius 2 is 1.64 bits per heavy atom. The highest BCUT2D eigenvalue weighted by Crippen LogP contribution is 2.31. The van der Waals surface area contributed by atoms with Gasteiger partial charge in [-0.1, -0.05) is 0 Å². The van der Waals surface area contributed by atoms with E-state index in [0.717, 1.165) is 4.90 Å². The molecule has 0 aromatic carbocycles. The molecule has 124 valence electrons. The molecule has 2 rings (SSSR count). The number of hydrogen-bond donors (Lipinski definition) is 2. The van der Waals surface area contributed by atoms with Gasteiger partial charge in [0.05, 0.1) is 6.61 Å². The second-order valence-corrected chi connectivity index (χ2v) is 5.44.